The molecule has 2 atom stereocenters. The van der Waals surface area contributed by atoms with E-state index >= 15 is 0 Å². The van der Waals surface area contributed by atoms with E-state index in [2.05, 4.69) is 25.3 Å². The summed E-state index contributed by atoms with van der Waals surface area (Å²) in [6.07, 6.45) is 4.29. The van der Waals surface area contributed by atoms with Crippen LogP contribution in [0.15, 0.2) is 49.2 Å². The molecule has 4 aromatic heterocycles. The summed E-state index contributed by atoms with van der Waals surface area (Å²) in [6.45, 7) is 0.429. The Labute approximate surface area is 217 Å². The molecular formula is C23H22F3N9O2S. The summed E-state index contributed by atoms with van der Waals surface area (Å²) in [5.41, 5.74) is 6.53. The van der Waals surface area contributed by atoms with Crippen LogP contribution >= 0.6 is 11.3 Å². The molecule has 5 heterocycles. The molecule has 198 valence electrons. The Kier molecular flexibility index (Phi) is 7.22. The second-order valence-electron chi connectivity index (χ2n) is 8.39. The summed E-state index contributed by atoms with van der Waals surface area (Å²) in [7, 11) is 0. The number of hydrazine groups is 1. The Morgan fingerprint density at radius 2 is 2.13 bits per heavy atom. The molecule has 0 bridgehead atoms. The molecule has 0 radical (unpaired) electrons. The number of aromatic nitrogens is 5. The summed E-state index contributed by atoms with van der Waals surface area (Å²) in [4.78, 5) is 29.3. The second kappa shape index (κ2) is 10.7. The van der Waals surface area contributed by atoms with Gasteiger partial charge in [-0.3, -0.25) is 9.80 Å². The minimum atomic E-state index is -2.71. The van der Waals surface area contributed by atoms with Crippen LogP contribution in [-0.2, 0) is 4.74 Å². The molecule has 4 aromatic rings. The Hall–Kier alpha value is -4.08. The summed E-state index contributed by atoms with van der Waals surface area (Å²) in [6, 6.07) is 3.55. The first-order valence-electron chi connectivity index (χ1n) is 11.4. The zero-order valence-electron chi connectivity index (χ0n) is 19.7. The highest BCUT2D eigenvalue weighted by Crippen LogP contribution is 2.33. The maximum Gasteiger partial charge on any atom is 0.280 e. The average molecular weight is 546 g/mol. The normalized spacial score (nSPS) is 17.9. The fraction of sp³-hybridized carbons (Fsp3) is 0.261. The van der Waals surface area contributed by atoms with Crippen LogP contribution < -0.4 is 21.9 Å². The molecule has 1 saturated heterocycles. The van der Waals surface area contributed by atoms with Crippen molar-refractivity contribution in [2.75, 3.05) is 18.2 Å². The van der Waals surface area contributed by atoms with E-state index in [1.807, 2.05) is 0 Å². The van der Waals surface area contributed by atoms with E-state index in [9.17, 15) is 18.0 Å². The first kappa shape index (κ1) is 25.6. The lowest BCUT2D eigenvalue weighted by Gasteiger charge is -2.31. The van der Waals surface area contributed by atoms with E-state index in [0.29, 0.717) is 34.6 Å². The number of nitrogens with two attached hydrogens (primary N) is 2. The number of nitrogens with one attached hydrogen (secondary N) is 1. The lowest BCUT2D eigenvalue weighted by molar-refractivity contribution is 0.0351. The van der Waals surface area contributed by atoms with Crippen molar-refractivity contribution in [1.29, 1.82) is 0 Å². The van der Waals surface area contributed by atoms with Gasteiger partial charge in [-0.25, -0.2) is 38.9 Å². The van der Waals surface area contributed by atoms with Gasteiger partial charge >= 0.3 is 0 Å². The number of ether oxygens (including phenoxy) is 1. The van der Waals surface area contributed by atoms with Crippen LogP contribution in [0, 0.1) is 5.82 Å². The number of halogens is 3. The van der Waals surface area contributed by atoms with Crippen molar-refractivity contribution >= 4 is 34.1 Å². The van der Waals surface area contributed by atoms with E-state index in [0.717, 1.165) is 6.20 Å². The topological polar surface area (TPSA) is 150 Å². The number of carbonyl (C=O) groups excluding carboxylic acids is 1. The van der Waals surface area contributed by atoms with Gasteiger partial charge in [-0.05, 0) is 18.6 Å². The van der Waals surface area contributed by atoms with Crippen molar-refractivity contribution in [1.82, 2.24) is 29.8 Å². The lowest BCUT2D eigenvalue weighted by Crippen LogP contribution is -2.44. The molecule has 5 rings (SSSR count). The highest BCUT2D eigenvalue weighted by Gasteiger charge is 2.31. The van der Waals surface area contributed by atoms with Crippen LogP contribution in [0.25, 0.3) is 22.6 Å². The highest BCUT2D eigenvalue weighted by molar-refractivity contribution is 7.13. The summed E-state index contributed by atoms with van der Waals surface area (Å²) >= 11 is 0.631. The van der Waals surface area contributed by atoms with Gasteiger partial charge in [-0.15, -0.1) is 11.3 Å². The van der Waals surface area contributed by atoms with Gasteiger partial charge in [0.05, 0.1) is 41.9 Å². The van der Waals surface area contributed by atoms with Crippen LogP contribution in [0.2, 0.25) is 0 Å². The summed E-state index contributed by atoms with van der Waals surface area (Å²) < 4.78 is 48.2. The first-order chi connectivity index (χ1) is 18.4. The largest absolute Gasteiger partial charge is 0.403 e. The number of imidazole rings is 1. The van der Waals surface area contributed by atoms with E-state index in [4.69, 9.17) is 16.3 Å². The van der Waals surface area contributed by atoms with Crippen molar-refractivity contribution in [2.45, 2.75) is 24.9 Å². The number of carbonyl (C=O) groups is 1. The van der Waals surface area contributed by atoms with Gasteiger partial charge in [-0.1, -0.05) is 0 Å². The van der Waals surface area contributed by atoms with Gasteiger partial charge in [0.25, 0.3) is 12.3 Å². The number of thiazole rings is 1. The molecule has 2 unspecified atom stereocenters. The van der Waals surface area contributed by atoms with Crippen molar-refractivity contribution in [3.05, 3.63) is 64.9 Å². The summed E-state index contributed by atoms with van der Waals surface area (Å²) in [5, 5.41) is 3.95. The van der Waals surface area contributed by atoms with Crippen LogP contribution in [0.5, 0.6) is 0 Å². The molecule has 0 saturated carbocycles. The van der Waals surface area contributed by atoms with E-state index in [-0.39, 0.29) is 34.6 Å². The molecule has 1 fully saturated rings. The number of fused-ring (bicyclic) bond motifs is 1. The van der Waals surface area contributed by atoms with Crippen LogP contribution in [0.4, 0.5) is 19.0 Å². The predicted octanol–water partition coefficient (Wildman–Crippen LogP) is 2.90. The molecule has 0 aliphatic carbocycles. The van der Waals surface area contributed by atoms with Crippen molar-refractivity contribution in [2.24, 2.45) is 11.6 Å². The highest BCUT2D eigenvalue weighted by atomic mass is 32.1. The minimum absolute atomic E-state index is 0.0326. The van der Waals surface area contributed by atoms with E-state index in [1.54, 1.807) is 10.6 Å². The van der Waals surface area contributed by atoms with Gasteiger partial charge in [-0.2, -0.15) is 0 Å². The zero-order chi connectivity index (χ0) is 26.8. The Morgan fingerprint density at radius 3 is 2.87 bits per heavy atom. The Morgan fingerprint density at radius 1 is 1.29 bits per heavy atom. The third kappa shape index (κ3) is 5.03. The molecule has 11 nitrogen and oxygen atoms in total. The number of alkyl halides is 2. The molecule has 38 heavy (non-hydrogen) atoms. The number of pyridine rings is 2. The molecule has 1 amide bonds. The quantitative estimate of drug-likeness (QED) is 0.235. The Bertz CT molecular complexity index is 1490. The van der Waals surface area contributed by atoms with Crippen LogP contribution in [0.3, 0.4) is 0 Å². The molecule has 1 aliphatic heterocycles. The first-order valence-corrected chi connectivity index (χ1v) is 12.2. The maximum absolute atomic E-state index is 14.8. The van der Waals surface area contributed by atoms with E-state index in [1.165, 1.54) is 41.9 Å². The Balaban J connectivity index is 1.50. The number of hydrogen-bond acceptors (Lipinski definition) is 10. The summed E-state index contributed by atoms with van der Waals surface area (Å²) in [5.74, 6) is 5.45. The van der Waals surface area contributed by atoms with Crippen LogP contribution in [-0.4, -0.2) is 49.7 Å². The lowest BCUT2D eigenvalue weighted by atomic mass is 10.0. The standard InChI is InChI=1S/C23H22F3N9O2S/c24-14-2-1-4-29-19(14)21-33-15-8-30-18(34(28)5-3-27)7-16(15)35(21)13-6-12(10-37-11-13)32-22(36)23-31-9-17(38-23)20(25)26/h1-5,7-9,12-13,20H,6,10-11,27-28H2,(H,32,36)/b5-3-. The molecular weight excluding hydrogens is 523 g/mol. The van der Waals surface area contributed by atoms with Crippen LogP contribution in [0.1, 0.15) is 33.6 Å². The molecule has 0 spiro atoms. The number of rotatable bonds is 7. The SMILES string of the molecule is N/C=C\N(N)c1cc2c(cn1)nc(-c1ncccc1F)n2C1COCC(NC(=O)c2ncc(C(F)F)s2)C1. The van der Waals surface area contributed by atoms with Crippen molar-refractivity contribution in [3.8, 4) is 11.5 Å². The van der Waals surface area contributed by atoms with Gasteiger partial charge in [0.2, 0.25) is 0 Å². The fourth-order valence-corrected chi connectivity index (χ4v) is 4.89. The maximum atomic E-state index is 14.8. The van der Waals surface area contributed by atoms with Crippen molar-refractivity contribution < 1.29 is 22.7 Å². The van der Waals surface area contributed by atoms with Crippen molar-refractivity contribution in [3.63, 3.8) is 0 Å². The zero-order valence-corrected chi connectivity index (χ0v) is 20.5. The number of nitrogens with zero attached hydrogens (tertiary/aromatic N) is 6. The smallest absolute Gasteiger partial charge is 0.280 e. The predicted molar refractivity (Wildman–Crippen MR) is 134 cm³/mol. The number of hydrogen-bond donors (Lipinski definition) is 3. The van der Waals surface area contributed by atoms with Gasteiger partial charge in [0.1, 0.15) is 17.0 Å². The monoisotopic (exact) mass is 545 g/mol. The minimum Gasteiger partial charge on any atom is -0.403 e. The fourth-order valence-electron chi connectivity index (χ4n) is 4.22. The number of anilines is 1. The molecule has 15 heteroatoms. The number of amides is 1. The molecule has 5 N–H and O–H groups in total. The molecule has 1 aliphatic rings. The van der Waals surface area contributed by atoms with Gasteiger partial charge in [0.15, 0.2) is 16.6 Å². The average Bonchev–Trinajstić information content (AvgIpc) is 3.55. The third-order valence-electron chi connectivity index (χ3n) is 5.86. The second-order valence-corrected chi connectivity index (χ2v) is 9.45. The third-order valence-corrected chi connectivity index (χ3v) is 6.87. The van der Waals surface area contributed by atoms with Gasteiger partial charge in [0, 0.05) is 30.9 Å². The van der Waals surface area contributed by atoms with E-state index < -0.39 is 30.2 Å². The molecule has 0 aromatic carbocycles. The van der Waals surface area contributed by atoms with Gasteiger partial charge < -0.3 is 20.4 Å².